The summed E-state index contributed by atoms with van der Waals surface area (Å²) in [6, 6.07) is 15.1. The maximum Gasteiger partial charge on any atom is 0.229 e. The van der Waals surface area contributed by atoms with Gasteiger partial charge in [-0.25, -0.2) is 4.98 Å². The molecule has 0 atom stereocenters. The van der Waals surface area contributed by atoms with E-state index in [0.717, 1.165) is 16.5 Å². The molecular formula is C22H31N3O. The van der Waals surface area contributed by atoms with Crippen molar-refractivity contribution < 1.29 is 4.79 Å². The molecule has 0 saturated carbocycles. The van der Waals surface area contributed by atoms with E-state index in [2.05, 4.69) is 15.3 Å². The number of nitrogens with one attached hydrogen (secondary N) is 1. The molecule has 140 valence electrons. The Labute approximate surface area is 157 Å². The van der Waals surface area contributed by atoms with Crippen molar-refractivity contribution in [2.45, 2.75) is 48.0 Å². The standard InChI is InChI=1S/C16H13N3O.3C2H6/c20-16(19-15-7-3-4-9-18-15)11-12-8-10-17-14-6-2-1-5-13(12)14;3*1-2/h1-10H,11H2,(H,18,19,20);3*1-2H3. The van der Waals surface area contributed by atoms with E-state index >= 15 is 0 Å². The summed E-state index contributed by atoms with van der Waals surface area (Å²) in [6.45, 7) is 12.0. The van der Waals surface area contributed by atoms with Crippen molar-refractivity contribution >= 4 is 22.6 Å². The first-order valence-electron chi connectivity index (χ1n) is 9.36. The molecule has 0 radical (unpaired) electrons. The average molecular weight is 354 g/mol. The van der Waals surface area contributed by atoms with E-state index < -0.39 is 0 Å². The minimum atomic E-state index is -0.0833. The average Bonchev–Trinajstić information content (AvgIpc) is 2.73. The molecule has 0 bridgehead atoms. The predicted octanol–water partition coefficient (Wildman–Crippen LogP) is 5.89. The van der Waals surface area contributed by atoms with Gasteiger partial charge < -0.3 is 5.32 Å². The van der Waals surface area contributed by atoms with Gasteiger partial charge in [-0.15, -0.1) is 0 Å². The molecule has 1 aromatic carbocycles. The summed E-state index contributed by atoms with van der Waals surface area (Å²) in [5.41, 5.74) is 1.86. The van der Waals surface area contributed by atoms with Gasteiger partial charge in [-0.2, -0.15) is 0 Å². The second-order valence-corrected chi connectivity index (χ2v) is 4.43. The highest BCUT2D eigenvalue weighted by atomic mass is 16.1. The molecule has 4 heteroatoms. The van der Waals surface area contributed by atoms with Crippen molar-refractivity contribution in [2.24, 2.45) is 0 Å². The molecule has 0 saturated heterocycles. The molecule has 0 fully saturated rings. The molecule has 3 rings (SSSR count). The van der Waals surface area contributed by atoms with Crippen LogP contribution in [0.3, 0.4) is 0 Å². The maximum absolute atomic E-state index is 12.1. The van der Waals surface area contributed by atoms with Gasteiger partial charge in [-0.3, -0.25) is 9.78 Å². The lowest BCUT2D eigenvalue weighted by Crippen LogP contribution is -2.15. The molecule has 26 heavy (non-hydrogen) atoms. The van der Waals surface area contributed by atoms with Crippen molar-refractivity contribution in [3.05, 3.63) is 66.5 Å². The second kappa shape index (κ2) is 14.6. The lowest BCUT2D eigenvalue weighted by molar-refractivity contribution is -0.115. The Morgan fingerprint density at radius 2 is 1.46 bits per heavy atom. The monoisotopic (exact) mass is 353 g/mol. The molecule has 4 nitrogen and oxygen atoms in total. The van der Waals surface area contributed by atoms with Gasteiger partial charge in [0.25, 0.3) is 0 Å². The fourth-order valence-corrected chi connectivity index (χ4v) is 2.11. The van der Waals surface area contributed by atoms with Crippen LogP contribution in [0.4, 0.5) is 5.82 Å². The number of anilines is 1. The largest absolute Gasteiger partial charge is 0.310 e. The van der Waals surface area contributed by atoms with Crippen molar-refractivity contribution in [3.8, 4) is 0 Å². The zero-order valence-electron chi connectivity index (χ0n) is 16.8. The van der Waals surface area contributed by atoms with Crippen LogP contribution in [0.25, 0.3) is 10.9 Å². The molecule has 3 aromatic rings. The van der Waals surface area contributed by atoms with E-state index in [1.807, 2.05) is 84.0 Å². The summed E-state index contributed by atoms with van der Waals surface area (Å²) in [5, 5.41) is 3.79. The number of amides is 1. The smallest absolute Gasteiger partial charge is 0.229 e. The number of carbonyl (C=O) groups is 1. The fourth-order valence-electron chi connectivity index (χ4n) is 2.11. The number of rotatable bonds is 3. The van der Waals surface area contributed by atoms with Crippen LogP contribution in [0.1, 0.15) is 47.1 Å². The van der Waals surface area contributed by atoms with Crippen molar-refractivity contribution in [1.29, 1.82) is 0 Å². The van der Waals surface area contributed by atoms with Crippen LogP contribution < -0.4 is 5.32 Å². The van der Waals surface area contributed by atoms with Gasteiger partial charge >= 0.3 is 0 Å². The Morgan fingerprint density at radius 1 is 0.808 bits per heavy atom. The zero-order valence-corrected chi connectivity index (χ0v) is 16.8. The number of fused-ring (bicyclic) bond motifs is 1. The van der Waals surface area contributed by atoms with E-state index in [0.29, 0.717) is 12.2 Å². The number of benzene rings is 1. The van der Waals surface area contributed by atoms with E-state index in [4.69, 9.17) is 0 Å². The van der Waals surface area contributed by atoms with Gasteiger partial charge in [0.05, 0.1) is 11.9 Å². The van der Waals surface area contributed by atoms with Gasteiger partial charge in [0.1, 0.15) is 5.82 Å². The third-order valence-corrected chi connectivity index (χ3v) is 3.02. The van der Waals surface area contributed by atoms with Crippen LogP contribution in [0, 0.1) is 0 Å². The van der Waals surface area contributed by atoms with E-state index in [1.54, 1.807) is 18.5 Å². The first-order valence-corrected chi connectivity index (χ1v) is 9.36. The van der Waals surface area contributed by atoms with E-state index in [1.165, 1.54) is 0 Å². The summed E-state index contributed by atoms with van der Waals surface area (Å²) in [5.74, 6) is 0.482. The summed E-state index contributed by atoms with van der Waals surface area (Å²) in [4.78, 5) is 20.4. The quantitative estimate of drug-likeness (QED) is 0.639. The summed E-state index contributed by atoms with van der Waals surface area (Å²) >= 11 is 0. The highest BCUT2D eigenvalue weighted by molar-refractivity contribution is 5.94. The van der Waals surface area contributed by atoms with Gasteiger partial charge in [0.15, 0.2) is 0 Å². The zero-order chi connectivity index (χ0) is 19.8. The predicted molar refractivity (Wildman–Crippen MR) is 112 cm³/mol. The number of hydrogen-bond donors (Lipinski definition) is 1. The van der Waals surface area contributed by atoms with Crippen LogP contribution >= 0.6 is 0 Å². The number of pyridine rings is 2. The van der Waals surface area contributed by atoms with Crippen LogP contribution in [0.5, 0.6) is 0 Å². The molecule has 1 amide bonds. The van der Waals surface area contributed by atoms with E-state index in [-0.39, 0.29) is 5.91 Å². The van der Waals surface area contributed by atoms with Gasteiger partial charge in [0.2, 0.25) is 5.91 Å². The Bertz CT molecular complexity index is 737. The molecule has 2 aromatic heterocycles. The van der Waals surface area contributed by atoms with Crippen molar-refractivity contribution in [3.63, 3.8) is 0 Å². The van der Waals surface area contributed by atoms with Crippen LogP contribution in [0.15, 0.2) is 60.9 Å². The molecule has 0 aliphatic heterocycles. The maximum atomic E-state index is 12.1. The molecule has 0 unspecified atom stereocenters. The third kappa shape index (κ3) is 7.43. The number of para-hydroxylation sites is 1. The summed E-state index contributed by atoms with van der Waals surface area (Å²) < 4.78 is 0. The van der Waals surface area contributed by atoms with Crippen LogP contribution in [0.2, 0.25) is 0 Å². The van der Waals surface area contributed by atoms with Crippen LogP contribution in [-0.2, 0) is 11.2 Å². The Morgan fingerprint density at radius 3 is 2.12 bits per heavy atom. The first kappa shape index (κ1) is 23.2. The molecule has 2 heterocycles. The number of hydrogen-bond acceptors (Lipinski definition) is 3. The summed E-state index contributed by atoms with van der Waals surface area (Å²) in [6.07, 6.45) is 3.68. The number of aromatic nitrogens is 2. The molecular weight excluding hydrogens is 322 g/mol. The summed E-state index contributed by atoms with van der Waals surface area (Å²) in [7, 11) is 0. The number of carbonyl (C=O) groups excluding carboxylic acids is 1. The molecule has 1 N–H and O–H groups in total. The topological polar surface area (TPSA) is 54.9 Å². The first-order chi connectivity index (χ1) is 12.8. The lowest BCUT2D eigenvalue weighted by atomic mass is 10.1. The number of nitrogens with zero attached hydrogens (tertiary/aromatic N) is 2. The Balaban J connectivity index is 0.000000948. The van der Waals surface area contributed by atoms with Gasteiger partial charge in [-0.1, -0.05) is 65.8 Å². The lowest BCUT2D eigenvalue weighted by Gasteiger charge is -2.06. The van der Waals surface area contributed by atoms with Gasteiger partial charge in [-0.05, 0) is 29.8 Å². The highest BCUT2D eigenvalue weighted by Gasteiger charge is 2.07. The second-order valence-electron chi connectivity index (χ2n) is 4.43. The van der Waals surface area contributed by atoms with Gasteiger partial charge in [0, 0.05) is 17.8 Å². The SMILES string of the molecule is CC.CC.CC.O=C(Cc1ccnc2ccccc12)Nc1ccccn1. The fraction of sp³-hybridized carbons (Fsp3) is 0.318. The van der Waals surface area contributed by atoms with Crippen molar-refractivity contribution in [2.75, 3.05) is 5.32 Å². The van der Waals surface area contributed by atoms with Crippen LogP contribution in [-0.4, -0.2) is 15.9 Å². The third-order valence-electron chi connectivity index (χ3n) is 3.02. The highest BCUT2D eigenvalue weighted by Crippen LogP contribution is 2.17. The molecule has 0 spiro atoms. The molecule has 0 aliphatic rings. The minimum absolute atomic E-state index is 0.0833. The minimum Gasteiger partial charge on any atom is -0.310 e. The molecule has 0 aliphatic carbocycles. The van der Waals surface area contributed by atoms with Crippen molar-refractivity contribution in [1.82, 2.24) is 9.97 Å². The van der Waals surface area contributed by atoms with E-state index in [9.17, 15) is 4.79 Å². The normalized spacial score (nSPS) is 8.69. The Hall–Kier alpha value is -2.75. The Kier molecular flexibility index (Phi) is 13.0.